The van der Waals surface area contributed by atoms with E-state index < -0.39 is 12.0 Å². The van der Waals surface area contributed by atoms with Crippen LogP contribution in [0.4, 0.5) is 5.82 Å². The number of carbonyl (C=O) groups excluding carboxylic acids is 1. The van der Waals surface area contributed by atoms with Crippen molar-refractivity contribution in [1.82, 2.24) is 14.9 Å². The molecule has 138 valence electrons. The molecule has 0 spiro atoms. The number of anilines is 1. The molecule has 26 heavy (non-hydrogen) atoms. The second kappa shape index (κ2) is 7.19. The molecule has 0 bridgehead atoms. The first-order chi connectivity index (χ1) is 12.6. The zero-order valence-electron chi connectivity index (χ0n) is 14.5. The average molecular weight is 374 g/mol. The predicted molar refractivity (Wildman–Crippen MR) is 99.3 cm³/mol. The van der Waals surface area contributed by atoms with E-state index in [9.17, 15) is 14.7 Å². The molecule has 2 saturated heterocycles. The Hall–Kier alpha value is -2.22. The number of carboxylic acid groups (broad SMARTS) is 1. The molecule has 2 fully saturated rings. The molecule has 2 unspecified atom stereocenters. The van der Waals surface area contributed by atoms with Crippen molar-refractivity contribution in [1.29, 1.82) is 0 Å². The van der Waals surface area contributed by atoms with Crippen molar-refractivity contribution < 1.29 is 14.7 Å². The summed E-state index contributed by atoms with van der Waals surface area (Å²) in [5.41, 5.74) is 0. The van der Waals surface area contributed by atoms with Gasteiger partial charge in [0, 0.05) is 19.6 Å². The van der Waals surface area contributed by atoms with E-state index in [4.69, 9.17) is 0 Å². The molecule has 1 N–H and O–H groups in total. The van der Waals surface area contributed by atoms with Gasteiger partial charge in [-0.05, 0) is 43.6 Å². The highest BCUT2D eigenvalue weighted by Crippen LogP contribution is 2.31. The first-order valence-electron chi connectivity index (χ1n) is 9.11. The Balaban J connectivity index is 1.54. The van der Waals surface area contributed by atoms with Crippen LogP contribution < -0.4 is 4.90 Å². The molecule has 2 aromatic heterocycles. The number of aromatic nitrogens is 2. The van der Waals surface area contributed by atoms with Gasteiger partial charge in [0.1, 0.15) is 23.0 Å². The lowest BCUT2D eigenvalue weighted by Crippen LogP contribution is -2.52. The summed E-state index contributed by atoms with van der Waals surface area (Å²) in [5.74, 6) is -0.201. The van der Waals surface area contributed by atoms with Crippen LogP contribution in [0.15, 0.2) is 17.8 Å². The van der Waals surface area contributed by atoms with Crippen LogP contribution in [0, 0.1) is 5.92 Å². The van der Waals surface area contributed by atoms with Crippen LogP contribution in [0.25, 0.3) is 10.2 Å². The fourth-order valence-corrected chi connectivity index (χ4v) is 4.81. The Labute approximate surface area is 155 Å². The number of rotatable bonds is 3. The number of hydrogen-bond donors (Lipinski definition) is 1. The number of fused-ring (bicyclic) bond motifs is 1. The molecule has 2 aliphatic rings. The first-order valence-corrected chi connectivity index (χ1v) is 9.99. The molecule has 2 aliphatic heterocycles. The lowest BCUT2D eigenvalue weighted by Gasteiger charge is -2.39. The third-order valence-corrected chi connectivity index (χ3v) is 6.20. The summed E-state index contributed by atoms with van der Waals surface area (Å²) in [6.07, 6.45) is 5.58. The quantitative estimate of drug-likeness (QED) is 0.888. The van der Waals surface area contributed by atoms with Gasteiger partial charge in [0.15, 0.2) is 0 Å². The van der Waals surface area contributed by atoms with Crippen molar-refractivity contribution in [3.63, 3.8) is 0 Å². The highest BCUT2D eigenvalue weighted by atomic mass is 32.1. The Kier molecular flexibility index (Phi) is 4.76. The van der Waals surface area contributed by atoms with Crippen molar-refractivity contribution in [2.45, 2.75) is 38.1 Å². The highest BCUT2D eigenvalue weighted by Gasteiger charge is 2.37. The van der Waals surface area contributed by atoms with Crippen LogP contribution in [0.3, 0.4) is 0 Å². The van der Waals surface area contributed by atoms with Gasteiger partial charge < -0.3 is 14.9 Å². The van der Waals surface area contributed by atoms with E-state index in [0.29, 0.717) is 19.5 Å². The Morgan fingerprint density at radius 3 is 2.88 bits per heavy atom. The zero-order chi connectivity index (χ0) is 18.1. The van der Waals surface area contributed by atoms with Crippen LogP contribution >= 0.6 is 11.3 Å². The number of aliphatic carboxylic acids is 1. The van der Waals surface area contributed by atoms with Crippen molar-refractivity contribution in [2.24, 2.45) is 5.92 Å². The molecule has 4 heterocycles. The van der Waals surface area contributed by atoms with Gasteiger partial charge in [-0.25, -0.2) is 14.8 Å². The van der Waals surface area contributed by atoms with E-state index >= 15 is 0 Å². The molecule has 1 amide bonds. The molecular weight excluding hydrogens is 352 g/mol. The summed E-state index contributed by atoms with van der Waals surface area (Å²) in [6, 6.07) is 1.35. The van der Waals surface area contributed by atoms with E-state index in [1.165, 1.54) is 0 Å². The number of carboxylic acids is 1. The maximum absolute atomic E-state index is 13.1. The highest BCUT2D eigenvalue weighted by molar-refractivity contribution is 7.16. The summed E-state index contributed by atoms with van der Waals surface area (Å²) in [4.78, 5) is 38.0. The van der Waals surface area contributed by atoms with Gasteiger partial charge in [-0.2, -0.15) is 0 Å². The number of carbonyl (C=O) groups is 2. The summed E-state index contributed by atoms with van der Waals surface area (Å²) in [6.45, 7) is 1.99. The fourth-order valence-electron chi connectivity index (χ4n) is 4.09. The summed E-state index contributed by atoms with van der Waals surface area (Å²) in [7, 11) is 0. The molecule has 8 heteroatoms. The van der Waals surface area contributed by atoms with Gasteiger partial charge in [-0.3, -0.25) is 4.79 Å². The fraction of sp³-hybridized carbons (Fsp3) is 0.556. The van der Waals surface area contributed by atoms with E-state index in [-0.39, 0.29) is 11.8 Å². The summed E-state index contributed by atoms with van der Waals surface area (Å²) < 4.78 is 0. The third kappa shape index (κ3) is 3.13. The smallest absolute Gasteiger partial charge is 0.326 e. The monoisotopic (exact) mass is 374 g/mol. The van der Waals surface area contributed by atoms with Crippen LogP contribution in [-0.2, 0) is 9.59 Å². The molecule has 4 rings (SSSR count). The van der Waals surface area contributed by atoms with Crippen LogP contribution in [-0.4, -0.2) is 57.5 Å². The number of hydrogen-bond acceptors (Lipinski definition) is 6. The van der Waals surface area contributed by atoms with Gasteiger partial charge in [-0.1, -0.05) is 0 Å². The minimum atomic E-state index is -0.888. The van der Waals surface area contributed by atoms with E-state index in [1.54, 1.807) is 22.6 Å². The van der Waals surface area contributed by atoms with Crippen molar-refractivity contribution in [3.8, 4) is 0 Å². The predicted octanol–water partition coefficient (Wildman–Crippen LogP) is 2.37. The Morgan fingerprint density at radius 1 is 1.15 bits per heavy atom. The molecule has 0 radical (unpaired) electrons. The number of nitrogens with zero attached hydrogens (tertiary/aromatic N) is 4. The second-order valence-corrected chi connectivity index (χ2v) is 7.90. The van der Waals surface area contributed by atoms with Crippen molar-refractivity contribution >= 4 is 39.2 Å². The molecule has 2 atom stereocenters. The van der Waals surface area contributed by atoms with Crippen molar-refractivity contribution in [2.75, 3.05) is 24.5 Å². The largest absolute Gasteiger partial charge is 0.480 e. The lowest BCUT2D eigenvalue weighted by molar-refractivity contribution is -0.154. The average Bonchev–Trinajstić information content (AvgIpc) is 3.16. The van der Waals surface area contributed by atoms with Gasteiger partial charge in [-0.15, -0.1) is 11.3 Å². The zero-order valence-corrected chi connectivity index (χ0v) is 15.3. The van der Waals surface area contributed by atoms with Crippen LogP contribution in [0.2, 0.25) is 0 Å². The number of piperidine rings is 2. The number of amides is 1. The molecule has 7 nitrogen and oxygen atoms in total. The molecule has 2 aromatic rings. The van der Waals surface area contributed by atoms with Gasteiger partial charge in [0.25, 0.3) is 0 Å². The summed E-state index contributed by atoms with van der Waals surface area (Å²) >= 11 is 1.58. The van der Waals surface area contributed by atoms with E-state index in [1.807, 2.05) is 11.4 Å². The lowest BCUT2D eigenvalue weighted by atomic mass is 9.93. The van der Waals surface area contributed by atoms with Gasteiger partial charge >= 0.3 is 5.97 Å². The van der Waals surface area contributed by atoms with Crippen LogP contribution in [0.1, 0.15) is 32.1 Å². The maximum atomic E-state index is 13.1. The topological polar surface area (TPSA) is 86.6 Å². The third-order valence-electron chi connectivity index (χ3n) is 5.38. The van der Waals surface area contributed by atoms with E-state index in [0.717, 1.165) is 48.3 Å². The number of thiophene rings is 1. The second-order valence-electron chi connectivity index (χ2n) is 7.00. The SMILES string of the molecule is O=C(O)C1CCCCN1C(=O)C1CCCN(c2ncnc3sccc23)C1. The normalized spacial score (nSPS) is 24.0. The Bertz CT molecular complexity index is 824. The summed E-state index contributed by atoms with van der Waals surface area (Å²) in [5, 5.41) is 12.5. The standard InChI is InChI=1S/C18H22N4O3S/c23-17(22-8-2-1-5-14(22)18(24)25)12-4-3-7-21(10-12)15-13-6-9-26-16(13)20-11-19-15/h6,9,11-12,14H,1-5,7-8,10H2,(H,24,25). The number of likely N-dealkylation sites (tertiary alicyclic amines) is 1. The molecule has 0 aliphatic carbocycles. The van der Waals surface area contributed by atoms with Gasteiger partial charge in [0.05, 0.1) is 11.3 Å². The maximum Gasteiger partial charge on any atom is 0.326 e. The first kappa shape index (κ1) is 17.2. The van der Waals surface area contributed by atoms with Crippen molar-refractivity contribution in [3.05, 3.63) is 17.8 Å². The van der Waals surface area contributed by atoms with E-state index in [2.05, 4.69) is 14.9 Å². The minimum absolute atomic E-state index is 0.0163. The molecule has 0 aromatic carbocycles. The molecular formula is C18H22N4O3S. The Morgan fingerprint density at radius 2 is 2.04 bits per heavy atom. The van der Waals surface area contributed by atoms with Crippen LogP contribution in [0.5, 0.6) is 0 Å². The minimum Gasteiger partial charge on any atom is -0.480 e. The van der Waals surface area contributed by atoms with Gasteiger partial charge in [0.2, 0.25) is 5.91 Å². The molecule has 0 saturated carbocycles.